The van der Waals surface area contributed by atoms with Crippen LogP contribution >= 0.6 is 0 Å². The Labute approximate surface area is 220 Å². The number of hydrogen-bond donors (Lipinski definition) is 2. The lowest BCUT2D eigenvalue weighted by Crippen LogP contribution is -2.51. The number of likely N-dealkylation sites (tertiary alicyclic amines) is 1. The predicted octanol–water partition coefficient (Wildman–Crippen LogP) is 5.37. The van der Waals surface area contributed by atoms with Crippen molar-refractivity contribution in [3.63, 3.8) is 0 Å². The first-order valence-electron chi connectivity index (χ1n) is 12.7. The van der Waals surface area contributed by atoms with Crippen LogP contribution in [-0.2, 0) is 14.0 Å². The second-order valence-electron chi connectivity index (χ2n) is 12.2. The molecule has 2 aromatic rings. The van der Waals surface area contributed by atoms with E-state index in [4.69, 9.17) is 19.0 Å². The Balaban J connectivity index is 1.65. The second kappa shape index (κ2) is 10.9. The van der Waals surface area contributed by atoms with E-state index in [0.717, 1.165) is 16.6 Å². The normalized spacial score (nSPS) is 15.7. The van der Waals surface area contributed by atoms with Crippen molar-refractivity contribution in [1.29, 1.82) is 0 Å². The first kappa shape index (κ1) is 28.7. The molecule has 0 saturated carbocycles. The molecule has 1 aliphatic rings. The van der Waals surface area contributed by atoms with Gasteiger partial charge in [0, 0.05) is 37.1 Å². The van der Waals surface area contributed by atoms with Gasteiger partial charge in [0.05, 0.1) is 0 Å². The number of pyridine rings is 1. The Kier molecular flexibility index (Phi) is 8.43. The monoisotopic (exact) mass is 531 g/mol. The van der Waals surface area contributed by atoms with Crippen LogP contribution in [0.15, 0.2) is 30.5 Å². The second-order valence-corrected chi connectivity index (χ2v) is 17.0. The zero-order valence-corrected chi connectivity index (χ0v) is 24.3. The van der Waals surface area contributed by atoms with Crippen molar-refractivity contribution >= 4 is 37.0 Å². The molecule has 10 heteroatoms. The van der Waals surface area contributed by atoms with Gasteiger partial charge in [-0.2, -0.15) is 0 Å². The van der Waals surface area contributed by atoms with Crippen LogP contribution in [0.1, 0.15) is 41.5 Å². The fourth-order valence-corrected chi connectivity index (χ4v) is 4.86. The molecule has 1 aromatic carbocycles. The number of esters is 1. The van der Waals surface area contributed by atoms with E-state index in [9.17, 15) is 9.59 Å². The molecule has 0 unspecified atom stereocenters. The number of carbonyl (C=O) groups excluding carboxylic acids is 1. The van der Waals surface area contributed by atoms with Gasteiger partial charge in [0.2, 0.25) is 0 Å². The van der Waals surface area contributed by atoms with Gasteiger partial charge < -0.3 is 29.2 Å². The number of hydrogen-bond acceptors (Lipinski definition) is 7. The molecule has 1 fully saturated rings. The Morgan fingerprint density at radius 1 is 1.14 bits per heavy atom. The highest BCUT2D eigenvalue weighted by Gasteiger charge is 2.42. The molecular weight excluding hydrogens is 490 g/mol. The average molecular weight is 532 g/mol. The number of ether oxygens (including phenoxy) is 2. The summed E-state index contributed by atoms with van der Waals surface area (Å²) in [7, 11) is -2.25. The molecular formula is C27H41N3O6Si. The van der Waals surface area contributed by atoms with Crippen molar-refractivity contribution in [2.45, 2.75) is 71.4 Å². The molecule has 204 valence electrons. The van der Waals surface area contributed by atoms with Crippen molar-refractivity contribution in [3.05, 3.63) is 30.5 Å². The third kappa shape index (κ3) is 7.81. The average Bonchev–Trinajstić information content (AvgIpc) is 2.73. The fourth-order valence-electron chi connectivity index (χ4n) is 3.63. The van der Waals surface area contributed by atoms with Gasteiger partial charge >= 0.3 is 12.1 Å². The Morgan fingerprint density at radius 3 is 2.41 bits per heavy atom. The summed E-state index contributed by atoms with van der Waals surface area (Å²) in [6.45, 7) is 17.9. The molecule has 1 saturated heterocycles. The molecule has 1 aliphatic heterocycles. The van der Waals surface area contributed by atoms with E-state index in [-0.39, 0.29) is 17.6 Å². The molecule has 0 spiro atoms. The van der Waals surface area contributed by atoms with Crippen LogP contribution < -0.4 is 10.1 Å². The highest BCUT2D eigenvalue weighted by molar-refractivity contribution is 6.74. The Morgan fingerprint density at radius 2 is 1.81 bits per heavy atom. The minimum atomic E-state index is -2.25. The topological polar surface area (TPSA) is 110 Å². The highest BCUT2D eigenvalue weighted by Crippen LogP contribution is 2.37. The largest absolute Gasteiger partial charge is 0.490 e. The third-order valence-electron chi connectivity index (χ3n) is 6.81. The molecule has 1 aromatic heterocycles. The summed E-state index contributed by atoms with van der Waals surface area (Å²) in [5.41, 5.74) is -0.624. The number of fused-ring (bicyclic) bond motifs is 1. The smallest absolute Gasteiger partial charge is 0.407 e. The van der Waals surface area contributed by atoms with E-state index < -0.39 is 32.1 Å². The van der Waals surface area contributed by atoms with Crippen LogP contribution in [0.5, 0.6) is 5.75 Å². The number of nitrogens with zero attached hydrogens (tertiary/aromatic N) is 2. The summed E-state index contributed by atoms with van der Waals surface area (Å²) in [6, 6.07) is 7.66. The molecule has 0 radical (unpaired) electrons. The molecule has 1 amide bonds. The molecule has 9 nitrogen and oxygen atoms in total. The van der Waals surface area contributed by atoms with Crippen molar-refractivity contribution in [2.75, 3.05) is 31.6 Å². The number of aromatic nitrogens is 1. The maximum atomic E-state index is 13.0. The van der Waals surface area contributed by atoms with Crippen LogP contribution in [0.4, 0.5) is 10.6 Å². The van der Waals surface area contributed by atoms with Gasteiger partial charge in [-0.05, 0) is 62.5 Å². The van der Waals surface area contributed by atoms with Crippen LogP contribution in [0, 0.1) is 5.92 Å². The van der Waals surface area contributed by atoms with E-state index in [1.807, 2.05) is 45.0 Å². The van der Waals surface area contributed by atoms with Crippen molar-refractivity contribution < 1.29 is 28.6 Å². The lowest BCUT2D eigenvalue weighted by atomic mass is 10.0. The van der Waals surface area contributed by atoms with Crippen LogP contribution in [0.3, 0.4) is 0 Å². The van der Waals surface area contributed by atoms with Gasteiger partial charge in [-0.1, -0.05) is 26.8 Å². The molecule has 3 rings (SSSR count). The van der Waals surface area contributed by atoms with E-state index in [1.165, 1.54) is 4.90 Å². The summed E-state index contributed by atoms with van der Waals surface area (Å²) in [5.74, 6) is 1.22. The van der Waals surface area contributed by atoms with Gasteiger partial charge in [0.15, 0.2) is 14.4 Å². The zero-order valence-electron chi connectivity index (χ0n) is 23.3. The van der Waals surface area contributed by atoms with Gasteiger partial charge in [0.1, 0.15) is 23.8 Å². The number of benzene rings is 1. The van der Waals surface area contributed by atoms with Crippen molar-refractivity contribution in [2.24, 2.45) is 5.92 Å². The lowest BCUT2D eigenvalue weighted by molar-refractivity contribution is -0.165. The quantitative estimate of drug-likeness (QED) is 0.328. The van der Waals surface area contributed by atoms with Gasteiger partial charge in [-0.25, -0.2) is 14.6 Å². The molecule has 0 aliphatic carbocycles. The van der Waals surface area contributed by atoms with E-state index in [2.05, 4.69) is 44.2 Å². The zero-order chi connectivity index (χ0) is 27.6. The number of carboxylic acid groups (broad SMARTS) is 1. The van der Waals surface area contributed by atoms with E-state index in [0.29, 0.717) is 25.4 Å². The van der Waals surface area contributed by atoms with Crippen LogP contribution in [-0.4, -0.2) is 73.3 Å². The van der Waals surface area contributed by atoms with E-state index >= 15 is 0 Å². The first-order valence-corrected chi connectivity index (χ1v) is 15.6. The standard InChI is InChI=1S/C27H41N3O6Si/c1-26(2,3)35-24(31)22(36-37(7,8)27(4,5)6)17-34-21-10-9-19-12-23(29-14-20(19)11-21)28-13-18-15-30(16-18)25(32)33/h9-12,14,18,22H,13,15-17H2,1-8H3,(H,28,29)(H,32,33)/t22-/m1/s1. The first-order chi connectivity index (χ1) is 17.0. The van der Waals surface area contributed by atoms with Gasteiger partial charge in [-0.3, -0.25) is 0 Å². The molecule has 2 heterocycles. The third-order valence-corrected chi connectivity index (χ3v) is 11.3. The minimum Gasteiger partial charge on any atom is -0.490 e. The number of amides is 1. The maximum absolute atomic E-state index is 13.0. The molecule has 2 N–H and O–H groups in total. The van der Waals surface area contributed by atoms with Crippen LogP contribution in [0.2, 0.25) is 18.1 Å². The molecule has 1 atom stereocenters. The molecule has 0 bridgehead atoms. The highest BCUT2D eigenvalue weighted by atomic mass is 28.4. The van der Waals surface area contributed by atoms with Crippen molar-refractivity contribution in [1.82, 2.24) is 9.88 Å². The number of carbonyl (C=O) groups is 2. The summed E-state index contributed by atoms with van der Waals surface area (Å²) in [5, 5.41) is 14.1. The lowest BCUT2D eigenvalue weighted by Gasteiger charge is -2.39. The summed E-state index contributed by atoms with van der Waals surface area (Å²) >= 11 is 0. The SMILES string of the molecule is CC(C)(C)OC(=O)[C@@H](COc1ccc2cc(NCC3CN(C(=O)O)C3)ncc2c1)O[Si](C)(C)C(C)(C)C. The maximum Gasteiger partial charge on any atom is 0.407 e. The Bertz CT molecular complexity index is 1120. The fraction of sp³-hybridized carbons (Fsp3) is 0.593. The Hall–Kier alpha value is -2.85. The van der Waals surface area contributed by atoms with Crippen molar-refractivity contribution in [3.8, 4) is 5.75 Å². The predicted molar refractivity (Wildman–Crippen MR) is 147 cm³/mol. The summed E-state index contributed by atoms with van der Waals surface area (Å²) < 4.78 is 18.1. The summed E-state index contributed by atoms with van der Waals surface area (Å²) in [4.78, 5) is 29.7. The number of rotatable bonds is 9. The van der Waals surface area contributed by atoms with E-state index in [1.54, 1.807) is 6.20 Å². The number of anilines is 1. The minimum absolute atomic E-state index is 0.0503. The van der Waals surface area contributed by atoms with Gasteiger partial charge in [0.25, 0.3) is 0 Å². The summed E-state index contributed by atoms with van der Waals surface area (Å²) in [6.07, 6.45) is 0.0675. The molecule has 37 heavy (non-hydrogen) atoms. The number of nitrogens with one attached hydrogen (secondary N) is 1. The van der Waals surface area contributed by atoms with Crippen LogP contribution in [0.25, 0.3) is 10.8 Å². The van der Waals surface area contributed by atoms with Gasteiger partial charge in [-0.15, -0.1) is 0 Å².